The normalized spacial score (nSPS) is 10.3. The number of carbonyl (C=O) groups is 2. The molecule has 0 fully saturated rings. The van der Waals surface area contributed by atoms with Gasteiger partial charge in [0.1, 0.15) is 0 Å². The van der Waals surface area contributed by atoms with E-state index in [1.165, 1.54) is 17.0 Å². The summed E-state index contributed by atoms with van der Waals surface area (Å²) >= 11 is 0. The largest absolute Gasteiger partial charge is 0.493 e. The van der Waals surface area contributed by atoms with Gasteiger partial charge in [-0.1, -0.05) is 0 Å². The molecule has 0 spiro atoms. The highest BCUT2D eigenvalue weighted by atomic mass is 16.5. The lowest BCUT2D eigenvalue weighted by Crippen LogP contribution is -2.26. The first kappa shape index (κ1) is 17.4. The maximum Gasteiger partial charge on any atom is 0.371 e. The molecule has 0 aliphatic rings. The van der Waals surface area contributed by atoms with Crippen LogP contribution in [0.2, 0.25) is 0 Å². The molecule has 0 radical (unpaired) electrons. The molecular formula is C17H19NO6. The maximum absolute atomic E-state index is 12.4. The van der Waals surface area contributed by atoms with Gasteiger partial charge in [0.15, 0.2) is 17.3 Å². The van der Waals surface area contributed by atoms with Gasteiger partial charge in [0, 0.05) is 13.6 Å². The number of hydrogen-bond donors (Lipinski definition) is 1. The van der Waals surface area contributed by atoms with Gasteiger partial charge in [-0.25, -0.2) is 4.79 Å². The molecule has 1 aromatic heterocycles. The molecular weight excluding hydrogens is 314 g/mol. The van der Waals surface area contributed by atoms with Gasteiger partial charge in [-0.2, -0.15) is 0 Å². The third-order valence-corrected chi connectivity index (χ3v) is 3.62. The van der Waals surface area contributed by atoms with Gasteiger partial charge in [0.25, 0.3) is 5.91 Å². The number of aryl methyl sites for hydroxylation is 1. The molecule has 1 N–H and O–H groups in total. The molecule has 0 aliphatic carbocycles. The minimum Gasteiger partial charge on any atom is -0.493 e. The average Bonchev–Trinajstić information content (AvgIpc) is 3.05. The van der Waals surface area contributed by atoms with E-state index in [0.717, 1.165) is 11.1 Å². The zero-order valence-electron chi connectivity index (χ0n) is 14.0. The first-order valence-electron chi connectivity index (χ1n) is 7.17. The number of benzene rings is 1. The standard InChI is InChI=1S/C17H19NO6/c1-10-7-14(22-3)15(23-4)8-11(10)9-18(2)16(19)12-5-6-13(24-12)17(20)21/h5-8H,9H2,1-4H3,(H,20,21). The molecule has 2 aromatic rings. The molecule has 7 nitrogen and oxygen atoms in total. The van der Waals surface area contributed by atoms with Crippen molar-refractivity contribution < 1.29 is 28.6 Å². The smallest absolute Gasteiger partial charge is 0.371 e. The minimum atomic E-state index is -1.22. The van der Waals surface area contributed by atoms with Crippen LogP contribution in [0.25, 0.3) is 0 Å². The Labute approximate surface area is 139 Å². The van der Waals surface area contributed by atoms with E-state index in [1.54, 1.807) is 21.3 Å². The zero-order chi connectivity index (χ0) is 17.9. The number of aromatic carboxylic acids is 1. The Morgan fingerprint density at radius 1 is 1.12 bits per heavy atom. The summed E-state index contributed by atoms with van der Waals surface area (Å²) in [6.45, 7) is 2.22. The summed E-state index contributed by atoms with van der Waals surface area (Å²) in [5.74, 6) is -0.721. The van der Waals surface area contributed by atoms with Crippen molar-refractivity contribution in [3.63, 3.8) is 0 Å². The summed E-state index contributed by atoms with van der Waals surface area (Å²) in [5.41, 5.74) is 1.83. The number of ether oxygens (including phenoxy) is 2. The quantitative estimate of drug-likeness (QED) is 0.874. The van der Waals surface area contributed by atoms with Crippen molar-refractivity contribution in [1.29, 1.82) is 0 Å². The second kappa shape index (κ2) is 7.08. The van der Waals surface area contributed by atoms with E-state index in [2.05, 4.69) is 0 Å². The summed E-state index contributed by atoms with van der Waals surface area (Å²) in [4.78, 5) is 24.6. The predicted molar refractivity (Wildman–Crippen MR) is 85.7 cm³/mol. The SMILES string of the molecule is COc1cc(C)c(CN(C)C(=O)c2ccc(C(=O)O)o2)cc1OC. The van der Waals surface area contributed by atoms with Crippen molar-refractivity contribution in [2.24, 2.45) is 0 Å². The van der Waals surface area contributed by atoms with Crippen LogP contribution in [0.1, 0.15) is 32.2 Å². The van der Waals surface area contributed by atoms with E-state index in [9.17, 15) is 9.59 Å². The van der Waals surface area contributed by atoms with Crippen LogP contribution < -0.4 is 9.47 Å². The van der Waals surface area contributed by atoms with E-state index < -0.39 is 11.9 Å². The number of carboxylic acid groups (broad SMARTS) is 1. The fraction of sp³-hybridized carbons (Fsp3) is 0.294. The molecule has 24 heavy (non-hydrogen) atoms. The van der Waals surface area contributed by atoms with Crippen molar-refractivity contribution in [2.75, 3.05) is 21.3 Å². The molecule has 1 aromatic carbocycles. The molecule has 0 saturated carbocycles. The predicted octanol–water partition coefficient (Wildman–Crippen LogP) is 2.58. The average molecular weight is 333 g/mol. The number of furan rings is 1. The summed E-state index contributed by atoms with van der Waals surface area (Å²) < 4.78 is 15.6. The number of nitrogens with zero attached hydrogens (tertiary/aromatic N) is 1. The van der Waals surface area contributed by atoms with Crippen LogP contribution in [-0.2, 0) is 6.54 Å². The number of carboxylic acids is 1. The lowest BCUT2D eigenvalue weighted by atomic mass is 10.1. The van der Waals surface area contributed by atoms with Gasteiger partial charge in [-0.15, -0.1) is 0 Å². The van der Waals surface area contributed by atoms with Gasteiger partial charge in [-0.05, 0) is 42.3 Å². The second-order valence-electron chi connectivity index (χ2n) is 5.26. The Hall–Kier alpha value is -2.96. The summed E-state index contributed by atoms with van der Waals surface area (Å²) in [6, 6.07) is 6.25. The molecule has 0 unspecified atom stereocenters. The number of methoxy groups -OCH3 is 2. The Balaban J connectivity index is 2.20. The maximum atomic E-state index is 12.4. The number of carbonyl (C=O) groups excluding carboxylic acids is 1. The monoisotopic (exact) mass is 333 g/mol. The molecule has 2 rings (SSSR count). The van der Waals surface area contributed by atoms with Crippen LogP contribution >= 0.6 is 0 Å². The van der Waals surface area contributed by atoms with Crippen LogP contribution in [0.15, 0.2) is 28.7 Å². The molecule has 128 valence electrons. The molecule has 0 aliphatic heterocycles. The Bertz CT molecular complexity index is 764. The molecule has 0 atom stereocenters. The van der Waals surface area contributed by atoms with Crippen LogP contribution in [0.5, 0.6) is 11.5 Å². The number of hydrogen-bond acceptors (Lipinski definition) is 5. The molecule has 0 bridgehead atoms. The van der Waals surface area contributed by atoms with Gasteiger partial charge in [0.2, 0.25) is 5.76 Å². The fourth-order valence-corrected chi connectivity index (χ4v) is 2.28. The molecule has 7 heteroatoms. The van der Waals surface area contributed by atoms with Crippen molar-refractivity contribution in [2.45, 2.75) is 13.5 Å². The van der Waals surface area contributed by atoms with Crippen LogP contribution in [0, 0.1) is 6.92 Å². The van der Waals surface area contributed by atoms with Crippen LogP contribution in [0.4, 0.5) is 0 Å². The van der Waals surface area contributed by atoms with Crippen molar-refractivity contribution in [3.05, 3.63) is 46.9 Å². The number of rotatable bonds is 6. The number of amides is 1. The van der Waals surface area contributed by atoms with E-state index in [0.29, 0.717) is 18.0 Å². The third-order valence-electron chi connectivity index (χ3n) is 3.62. The lowest BCUT2D eigenvalue weighted by molar-refractivity contribution is 0.0653. The van der Waals surface area contributed by atoms with Gasteiger partial charge >= 0.3 is 5.97 Å². The zero-order valence-corrected chi connectivity index (χ0v) is 14.0. The molecule has 1 amide bonds. The van der Waals surface area contributed by atoms with E-state index in [4.69, 9.17) is 19.0 Å². The van der Waals surface area contributed by atoms with Crippen molar-refractivity contribution in [3.8, 4) is 11.5 Å². The summed E-state index contributed by atoms with van der Waals surface area (Å²) in [5, 5.41) is 8.85. The Kier molecular flexibility index (Phi) is 5.13. The van der Waals surface area contributed by atoms with Gasteiger partial charge in [-0.3, -0.25) is 4.79 Å². The minimum absolute atomic E-state index is 0.0203. The molecule has 1 heterocycles. The lowest BCUT2D eigenvalue weighted by Gasteiger charge is -2.19. The summed E-state index contributed by atoms with van der Waals surface area (Å²) in [7, 11) is 4.72. The highest BCUT2D eigenvalue weighted by Crippen LogP contribution is 2.30. The Morgan fingerprint density at radius 2 is 1.71 bits per heavy atom. The van der Waals surface area contributed by atoms with Crippen LogP contribution in [-0.4, -0.2) is 43.2 Å². The topological polar surface area (TPSA) is 89.2 Å². The fourth-order valence-electron chi connectivity index (χ4n) is 2.28. The second-order valence-corrected chi connectivity index (χ2v) is 5.26. The van der Waals surface area contributed by atoms with E-state index in [1.807, 2.05) is 19.1 Å². The molecule has 0 saturated heterocycles. The van der Waals surface area contributed by atoms with Gasteiger partial charge < -0.3 is 23.9 Å². The first-order chi connectivity index (χ1) is 11.4. The highest BCUT2D eigenvalue weighted by molar-refractivity contribution is 5.93. The third kappa shape index (κ3) is 3.51. The first-order valence-corrected chi connectivity index (χ1v) is 7.17. The van der Waals surface area contributed by atoms with E-state index >= 15 is 0 Å². The highest BCUT2D eigenvalue weighted by Gasteiger charge is 2.19. The summed E-state index contributed by atoms with van der Waals surface area (Å²) in [6.07, 6.45) is 0. The van der Waals surface area contributed by atoms with E-state index in [-0.39, 0.29) is 11.5 Å². The Morgan fingerprint density at radius 3 is 2.25 bits per heavy atom. The van der Waals surface area contributed by atoms with Gasteiger partial charge in [0.05, 0.1) is 14.2 Å². The van der Waals surface area contributed by atoms with Crippen LogP contribution in [0.3, 0.4) is 0 Å². The van der Waals surface area contributed by atoms with Crippen molar-refractivity contribution in [1.82, 2.24) is 4.90 Å². The van der Waals surface area contributed by atoms with Crippen molar-refractivity contribution >= 4 is 11.9 Å².